The topological polar surface area (TPSA) is 21.1 Å². The zero-order chi connectivity index (χ0) is 9.90. The van der Waals surface area contributed by atoms with Gasteiger partial charge in [0.25, 0.3) is 0 Å². The lowest BCUT2D eigenvalue weighted by molar-refractivity contribution is 0.343. The second kappa shape index (κ2) is 4.15. The quantitative estimate of drug-likeness (QED) is 0.735. The molecule has 0 spiro atoms. The molecular formula is C9H16N3S. The van der Waals surface area contributed by atoms with Crippen molar-refractivity contribution in [3.63, 3.8) is 0 Å². The van der Waals surface area contributed by atoms with Crippen molar-refractivity contribution in [3.8, 4) is 0 Å². The smallest absolute Gasteiger partial charge is 0.106 e. The zero-order valence-electron chi connectivity index (χ0n) is 8.14. The van der Waals surface area contributed by atoms with Gasteiger partial charge in [0.1, 0.15) is 4.87 Å². The second-order valence-electron chi connectivity index (χ2n) is 3.49. The van der Waals surface area contributed by atoms with E-state index in [0.717, 1.165) is 13.0 Å². The largest absolute Gasteiger partial charge is 0.309 e. The van der Waals surface area contributed by atoms with E-state index in [1.807, 2.05) is 26.4 Å². The number of thiol groups is 1. The van der Waals surface area contributed by atoms with Crippen molar-refractivity contribution in [3.05, 3.63) is 25.4 Å². The van der Waals surface area contributed by atoms with Crippen LogP contribution in [0.1, 0.15) is 6.42 Å². The van der Waals surface area contributed by atoms with Crippen LogP contribution in [0.5, 0.6) is 0 Å². The summed E-state index contributed by atoms with van der Waals surface area (Å²) in [4.78, 5) is 1.67. The minimum Gasteiger partial charge on any atom is -0.309 e. The van der Waals surface area contributed by atoms with Gasteiger partial charge in [-0.25, -0.2) is 0 Å². The molecule has 0 bridgehead atoms. The lowest BCUT2D eigenvalue weighted by Crippen LogP contribution is -2.29. The molecule has 0 aliphatic carbocycles. The number of hydrogen-bond acceptors (Lipinski definition) is 3. The molecule has 0 aliphatic rings. The monoisotopic (exact) mass is 198 g/mol. The number of rotatable bonds is 4. The molecule has 3 nitrogen and oxygen atoms in total. The summed E-state index contributed by atoms with van der Waals surface area (Å²) in [5.74, 6) is 0. The SMILES string of the molecule is [CH2]C(S)(CCN(C)C)n1cccn1. The molecule has 0 aliphatic heterocycles. The van der Waals surface area contributed by atoms with Gasteiger partial charge in [0.15, 0.2) is 0 Å². The van der Waals surface area contributed by atoms with Crippen molar-refractivity contribution in [1.82, 2.24) is 14.7 Å². The van der Waals surface area contributed by atoms with Gasteiger partial charge in [-0.05, 0) is 33.5 Å². The molecule has 0 saturated carbocycles. The molecule has 73 valence electrons. The van der Waals surface area contributed by atoms with Gasteiger partial charge >= 0.3 is 0 Å². The molecule has 0 N–H and O–H groups in total. The van der Waals surface area contributed by atoms with Gasteiger partial charge in [-0.1, -0.05) is 0 Å². The molecule has 13 heavy (non-hydrogen) atoms. The summed E-state index contributed by atoms with van der Waals surface area (Å²) in [6.07, 6.45) is 4.49. The average Bonchev–Trinajstić information content (AvgIpc) is 2.53. The Labute approximate surface area is 85.1 Å². The van der Waals surface area contributed by atoms with Gasteiger partial charge < -0.3 is 4.90 Å². The van der Waals surface area contributed by atoms with Crippen LogP contribution in [0.2, 0.25) is 0 Å². The molecule has 4 heteroatoms. The fourth-order valence-electron chi connectivity index (χ4n) is 1.03. The van der Waals surface area contributed by atoms with Gasteiger partial charge in [-0.2, -0.15) is 5.10 Å². The maximum Gasteiger partial charge on any atom is 0.106 e. The number of hydrogen-bond donors (Lipinski definition) is 1. The Morgan fingerprint density at radius 2 is 2.31 bits per heavy atom. The Kier molecular flexibility index (Phi) is 3.39. The number of nitrogens with zero attached hydrogens (tertiary/aromatic N) is 3. The van der Waals surface area contributed by atoms with Crippen molar-refractivity contribution in [2.75, 3.05) is 20.6 Å². The van der Waals surface area contributed by atoms with Crippen molar-refractivity contribution < 1.29 is 0 Å². The first kappa shape index (κ1) is 10.6. The van der Waals surface area contributed by atoms with E-state index in [9.17, 15) is 0 Å². The maximum absolute atomic E-state index is 4.48. The first-order valence-corrected chi connectivity index (χ1v) is 4.70. The predicted molar refractivity (Wildman–Crippen MR) is 57.7 cm³/mol. The van der Waals surface area contributed by atoms with Gasteiger partial charge in [-0.15, -0.1) is 12.6 Å². The molecule has 1 atom stereocenters. The fraction of sp³-hybridized carbons (Fsp3) is 0.556. The number of aromatic nitrogens is 2. The van der Waals surface area contributed by atoms with Crippen molar-refractivity contribution in [2.24, 2.45) is 0 Å². The van der Waals surface area contributed by atoms with E-state index >= 15 is 0 Å². The molecule has 1 heterocycles. The minimum absolute atomic E-state index is 0.437. The molecule has 1 radical (unpaired) electrons. The highest BCUT2D eigenvalue weighted by Gasteiger charge is 2.21. The molecule has 0 saturated heterocycles. The molecule has 0 amide bonds. The average molecular weight is 198 g/mol. The summed E-state index contributed by atoms with van der Waals surface area (Å²) in [5.41, 5.74) is 0. The maximum atomic E-state index is 4.48. The van der Waals surface area contributed by atoms with Crippen molar-refractivity contribution in [2.45, 2.75) is 11.3 Å². The third-order valence-corrected chi connectivity index (χ3v) is 2.32. The Morgan fingerprint density at radius 3 is 2.77 bits per heavy atom. The Balaban J connectivity index is 2.56. The normalized spacial score (nSPS) is 16.1. The zero-order valence-corrected chi connectivity index (χ0v) is 9.04. The predicted octanol–water partition coefficient (Wildman–Crippen LogP) is 1.25. The van der Waals surface area contributed by atoms with Crippen LogP contribution in [0, 0.1) is 6.92 Å². The molecule has 1 unspecified atom stereocenters. The summed E-state index contributed by atoms with van der Waals surface area (Å²) >= 11 is 4.48. The fourth-order valence-corrected chi connectivity index (χ4v) is 1.25. The van der Waals surface area contributed by atoms with Crippen LogP contribution in [0.15, 0.2) is 18.5 Å². The highest BCUT2D eigenvalue weighted by Crippen LogP contribution is 2.23. The van der Waals surface area contributed by atoms with Gasteiger partial charge in [0.2, 0.25) is 0 Å². The van der Waals surface area contributed by atoms with Crippen LogP contribution in [0.3, 0.4) is 0 Å². The minimum atomic E-state index is -0.437. The Hall–Kier alpha value is -0.480. The van der Waals surface area contributed by atoms with Crippen molar-refractivity contribution >= 4 is 12.6 Å². The van der Waals surface area contributed by atoms with Crippen LogP contribution >= 0.6 is 12.6 Å². The van der Waals surface area contributed by atoms with E-state index in [0.29, 0.717) is 0 Å². The standard InChI is InChI=1S/C9H16N3S/c1-9(13,5-8-11(2)3)12-7-4-6-10-12/h4,6-7,13H,1,5,8H2,2-3H3. The highest BCUT2D eigenvalue weighted by atomic mass is 32.1. The first-order valence-electron chi connectivity index (χ1n) is 4.25. The van der Waals surface area contributed by atoms with Crippen LogP contribution in [-0.2, 0) is 4.87 Å². The van der Waals surface area contributed by atoms with Crippen LogP contribution < -0.4 is 0 Å². The summed E-state index contributed by atoms with van der Waals surface area (Å²) < 4.78 is 1.78. The van der Waals surface area contributed by atoms with E-state index in [4.69, 9.17) is 0 Å². The molecule has 0 aromatic carbocycles. The van der Waals surface area contributed by atoms with E-state index in [-0.39, 0.29) is 0 Å². The third-order valence-electron chi connectivity index (χ3n) is 1.89. The second-order valence-corrected chi connectivity index (χ2v) is 4.32. The van der Waals surface area contributed by atoms with Gasteiger partial charge in [-0.3, -0.25) is 4.68 Å². The summed E-state index contributed by atoms with van der Waals surface area (Å²) in [5, 5.41) is 4.13. The van der Waals surface area contributed by atoms with E-state index in [2.05, 4.69) is 29.6 Å². The summed E-state index contributed by atoms with van der Waals surface area (Å²) in [7, 11) is 4.07. The van der Waals surface area contributed by atoms with E-state index in [1.165, 1.54) is 0 Å². The lowest BCUT2D eigenvalue weighted by Gasteiger charge is -2.25. The third kappa shape index (κ3) is 3.04. The van der Waals surface area contributed by atoms with Gasteiger partial charge in [0, 0.05) is 18.9 Å². The van der Waals surface area contributed by atoms with Crippen LogP contribution in [0.25, 0.3) is 0 Å². The molecular weight excluding hydrogens is 182 g/mol. The molecule has 0 fully saturated rings. The molecule has 1 aromatic rings. The first-order chi connectivity index (χ1) is 6.02. The van der Waals surface area contributed by atoms with E-state index < -0.39 is 4.87 Å². The van der Waals surface area contributed by atoms with Crippen LogP contribution in [0.4, 0.5) is 0 Å². The molecule has 1 aromatic heterocycles. The summed E-state index contributed by atoms with van der Waals surface area (Å²) in [6.45, 7) is 4.97. The highest BCUT2D eigenvalue weighted by molar-refractivity contribution is 7.81. The Morgan fingerprint density at radius 1 is 1.62 bits per heavy atom. The lowest BCUT2D eigenvalue weighted by atomic mass is 10.2. The Bertz CT molecular complexity index is 241. The van der Waals surface area contributed by atoms with Gasteiger partial charge in [0.05, 0.1) is 0 Å². The molecule has 1 rings (SSSR count). The summed E-state index contributed by atoms with van der Waals surface area (Å²) in [6, 6.07) is 1.88. The van der Waals surface area contributed by atoms with E-state index in [1.54, 1.807) is 10.9 Å². The van der Waals surface area contributed by atoms with Crippen LogP contribution in [-0.4, -0.2) is 35.3 Å². The van der Waals surface area contributed by atoms with Crippen molar-refractivity contribution in [1.29, 1.82) is 0 Å².